The van der Waals surface area contributed by atoms with E-state index < -0.39 is 0 Å². The Bertz CT molecular complexity index is 211. The highest BCUT2D eigenvalue weighted by atomic mass is 16.2. The van der Waals surface area contributed by atoms with Crippen molar-refractivity contribution in [2.24, 2.45) is 5.92 Å². The standard InChI is InChI=1S/C11H20N2O/c1-9-4-3-7-13(9)11(14)10-5-2-6-12-8-10/h9-10,12H,2-8H2,1H3/t9-,10-/m1/s1. The molecule has 0 saturated carbocycles. The highest BCUT2D eigenvalue weighted by molar-refractivity contribution is 5.79. The lowest BCUT2D eigenvalue weighted by Gasteiger charge is -2.29. The number of hydrogen-bond acceptors (Lipinski definition) is 2. The summed E-state index contributed by atoms with van der Waals surface area (Å²) in [5, 5.41) is 3.31. The minimum atomic E-state index is 0.254. The number of nitrogens with one attached hydrogen (secondary N) is 1. The van der Waals surface area contributed by atoms with Crippen molar-refractivity contribution in [1.29, 1.82) is 0 Å². The Labute approximate surface area is 85.8 Å². The van der Waals surface area contributed by atoms with Crippen LogP contribution in [0.5, 0.6) is 0 Å². The van der Waals surface area contributed by atoms with Gasteiger partial charge in [-0.05, 0) is 39.2 Å². The summed E-state index contributed by atoms with van der Waals surface area (Å²) in [5.41, 5.74) is 0. The highest BCUT2D eigenvalue weighted by Gasteiger charge is 2.31. The maximum Gasteiger partial charge on any atom is 0.227 e. The van der Waals surface area contributed by atoms with Crippen molar-refractivity contribution in [2.45, 2.75) is 38.6 Å². The lowest BCUT2D eigenvalue weighted by molar-refractivity contribution is -0.136. The van der Waals surface area contributed by atoms with E-state index in [0.29, 0.717) is 11.9 Å². The normalized spacial score (nSPS) is 33.4. The predicted octanol–water partition coefficient (Wildman–Crippen LogP) is 0.997. The van der Waals surface area contributed by atoms with Gasteiger partial charge in [-0.25, -0.2) is 0 Å². The molecule has 2 rings (SSSR count). The number of carbonyl (C=O) groups is 1. The van der Waals surface area contributed by atoms with Crippen molar-refractivity contribution in [2.75, 3.05) is 19.6 Å². The van der Waals surface area contributed by atoms with E-state index in [4.69, 9.17) is 0 Å². The fraction of sp³-hybridized carbons (Fsp3) is 0.909. The van der Waals surface area contributed by atoms with Crippen LogP contribution < -0.4 is 5.32 Å². The average molecular weight is 196 g/mol. The first-order valence-corrected chi connectivity index (χ1v) is 5.80. The van der Waals surface area contributed by atoms with Crippen LogP contribution in [0.3, 0.4) is 0 Å². The van der Waals surface area contributed by atoms with Gasteiger partial charge in [-0.1, -0.05) is 0 Å². The third-order valence-corrected chi connectivity index (χ3v) is 3.48. The molecule has 2 fully saturated rings. The molecule has 2 aliphatic heterocycles. The van der Waals surface area contributed by atoms with E-state index in [1.165, 1.54) is 12.8 Å². The maximum atomic E-state index is 12.1. The largest absolute Gasteiger partial charge is 0.340 e. The maximum absolute atomic E-state index is 12.1. The molecule has 0 spiro atoms. The van der Waals surface area contributed by atoms with E-state index in [1.807, 2.05) is 0 Å². The van der Waals surface area contributed by atoms with Crippen LogP contribution in [0.25, 0.3) is 0 Å². The molecular weight excluding hydrogens is 176 g/mol. The Morgan fingerprint density at radius 3 is 2.79 bits per heavy atom. The lowest BCUT2D eigenvalue weighted by Crippen LogP contribution is -2.44. The van der Waals surface area contributed by atoms with Gasteiger partial charge in [0, 0.05) is 19.1 Å². The van der Waals surface area contributed by atoms with E-state index in [9.17, 15) is 4.79 Å². The zero-order valence-electron chi connectivity index (χ0n) is 8.96. The van der Waals surface area contributed by atoms with Crippen molar-refractivity contribution in [3.8, 4) is 0 Å². The average Bonchev–Trinajstić information content (AvgIpc) is 2.65. The molecule has 3 nitrogen and oxygen atoms in total. The first-order chi connectivity index (χ1) is 6.79. The van der Waals surface area contributed by atoms with Gasteiger partial charge in [0.05, 0.1) is 5.92 Å². The monoisotopic (exact) mass is 196 g/mol. The van der Waals surface area contributed by atoms with Gasteiger partial charge in [0.1, 0.15) is 0 Å². The Morgan fingerprint density at radius 2 is 2.21 bits per heavy atom. The lowest BCUT2D eigenvalue weighted by atomic mass is 9.98. The Hall–Kier alpha value is -0.570. The number of likely N-dealkylation sites (tertiary alicyclic amines) is 1. The fourth-order valence-electron chi connectivity index (χ4n) is 2.56. The number of nitrogens with zero attached hydrogens (tertiary/aromatic N) is 1. The van der Waals surface area contributed by atoms with E-state index in [2.05, 4.69) is 17.1 Å². The molecule has 1 amide bonds. The molecule has 0 aromatic carbocycles. The van der Waals surface area contributed by atoms with Gasteiger partial charge >= 0.3 is 0 Å². The van der Waals surface area contributed by atoms with Crippen LogP contribution in [0, 0.1) is 5.92 Å². The Morgan fingerprint density at radius 1 is 1.36 bits per heavy atom. The summed E-state index contributed by atoms with van der Waals surface area (Å²) >= 11 is 0. The molecule has 2 aliphatic rings. The van der Waals surface area contributed by atoms with Crippen LogP contribution >= 0.6 is 0 Å². The third kappa shape index (κ3) is 1.92. The summed E-state index contributed by atoms with van der Waals surface area (Å²) in [6, 6.07) is 0.476. The molecule has 0 aromatic heterocycles. The van der Waals surface area contributed by atoms with Crippen molar-refractivity contribution in [3.05, 3.63) is 0 Å². The molecule has 0 radical (unpaired) electrons. The van der Waals surface area contributed by atoms with E-state index >= 15 is 0 Å². The number of carbonyl (C=O) groups excluding carboxylic acids is 1. The molecule has 0 bridgehead atoms. The van der Waals surface area contributed by atoms with Crippen LogP contribution in [0.4, 0.5) is 0 Å². The molecule has 0 unspecified atom stereocenters. The van der Waals surface area contributed by atoms with Gasteiger partial charge < -0.3 is 10.2 Å². The number of amides is 1. The quantitative estimate of drug-likeness (QED) is 0.678. The molecular formula is C11H20N2O. The molecule has 3 heteroatoms. The summed E-state index contributed by atoms with van der Waals surface area (Å²) < 4.78 is 0. The second-order valence-electron chi connectivity index (χ2n) is 4.57. The second kappa shape index (κ2) is 4.30. The van der Waals surface area contributed by atoms with Crippen LogP contribution in [0.1, 0.15) is 32.6 Å². The minimum absolute atomic E-state index is 0.254. The molecule has 80 valence electrons. The van der Waals surface area contributed by atoms with Gasteiger partial charge in [0.15, 0.2) is 0 Å². The number of hydrogen-bond donors (Lipinski definition) is 1. The number of rotatable bonds is 1. The molecule has 0 aliphatic carbocycles. The molecule has 14 heavy (non-hydrogen) atoms. The van der Waals surface area contributed by atoms with Crippen LogP contribution in [0.15, 0.2) is 0 Å². The van der Waals surface area contributed by atoms with Crippen LogP contribution in [0.2, 0.25) is 0 Å². The van der Waals surface area contributed by atoms with E-state index in [0.717, 1.165) is 32.5 Å². The first-order valence-electron chi connectivity index (χ1n) is 5.80. The summed E-state index contributed by atoms with van der Waals surface area (Å²) in [4.78, 5) is 14.2. The van der Waals surface area contributed by atoms with Gasteiger partial charge in [-0.2, -0.15) is 0 Å². The van der Waals surface area contributed by atoms with Gasteiger partial charge in [0.25, 0.3) is 0 Å². The second-order valence-corrected chi connectivity index (χ2v) is 4.57. The summed E-state index contributed by atoms with van der Waals surface area (Å²) in [6.45, 7) is 5.12. The van der Waals surface area contributed by atoms with E-state index in [1.54, 1.807) is 0 Å². The van der Waals surface area contributed by atoms with Crippen molar-refractivity contribution in [1.82, 2.24) is 10.2 Å². The predicted molar refractivity (Wildman–Crippen MR) is 56.0 cm³/mol. The van der Waals surface area contributed by atoms with Crippen LogP contribution in [-0.2, 0) is 4.79 Å². The molecule has 0 aromatic rings. The molecule has 2 atom stereocenters. The van der Waals surface area contributed by atoms with Gasteiger partial charge in [0.2, 0.25) is 5.91 Å². The SMILES string of the molecule is C[C@@H]1CCCN1C(=O)[C@@H]1CCCNC1. The van der Waals surface area contributed by atoms with Crippen LogP contribution in [-0.4, -0.2) is 36.5 Å². The smallest absolute Gasteiger partial charge is 0.227 e. The zero-order chi connectivity index (χ0) is 9.97. The topological polar surface area (TPSA) is 32.3 Å². The molecule has 2 saturated heterocycles. The summed E-state index contributed by atoms with van der Waals surface area (Å²) in [6.07, 6.45) is 4.60. The fourth-order valence-corrected chi connectivity index (χ4v) is 2.56. The van der Waals surface area contributed by atoms with Gasteiger partial charge in [-0.15, -0.1) is 0 Å². The minimum Gasteiger partial charge on any atom is -0.340 e. The van der Waals surface area contributed by atoms with Crippen molar-refractivity contribution in [3.63, 3.8) is 0 Å². The number of piperidine rings is 1. The summed E-state index contributed by atoms with van der Waals surface area (Å²) in [7, 11) is 0. The van der Waals surface area contributed by atoms with E-state index in [-0.39, 0.29) is 5.92 Å². The van der Waals surface area contributed by atoms with Crippen molar-refractivity contribution < 1.29 is 4.79 Å². The zero-order valence-corrected chi connectivity index (χ0v) is 8.96. The highest BCUT2D eigenvalue weighted by Crippen LogP contribution is 2.21. The summed E-state index contributed by atoms with van der Waals surface area (Å²) in [5.74, 6) is 0.645. The Balaban J connectivity index is 1.92. The Kier molecular flexibility index (Phi) is 3.06. The first kappa shape index (κ1) is 9.97. The third-order valence-electron chi connectivity index (χ3n) is 3.48. The molecule has 2 heterocycles. The van der Waals surface area contributed by atoms with Crippen molar-refractivity contribution >= 4 is 5.91 Å². The molecule has 1 N–H and O–H groups in total. The van der Waals surface area contributed by atoms with Gasteiger partial charge in [-0.3, -0.25) is 4.79 Å².